The van der Waals surface area contributed by atoms with Gasteiger partial charge in [-0.15, -0.1) is 0 Å². The largest absolute Gasteiger partial charge is 0.508 e. The summed E-state index contributed by atoms with van der Waals surface area (Å²) in [6, 6.07) is 11.1. The van der Waals surface area contributed by atoms with Gasteiger partial charge < -0.3 is 15.4 Å². The molecule has 1 atom stereocenters. The van der Waals surface area contributed by atoms with Crippen molar-refractivity contribution in [3.05, 3.63) is 82.1 Å². The highest BCUT2D eigenvalue weighted by molar-refractivity contribution is 6.29. The van der Waals surface area contributed by atoms with Crippen molar-refractivity contribution in [2.24, 2.45) is 0 Å². The van der Waals surface area contributed by atoms with E-state index in [0.717, 1.165) is 6.07 Å². The Morgan fingerprint density at radius 1 is 1.28 bits per heavy atom. The van der Waals surface area contributed by atoms with Crippen LogP contribution in [-0.2, 0) is 0 Å². The third kappa shape index (κ3) is 3.80. The van der Waals surface area contributed by atoms with E-state index in [1.807, 2.05) is 0 Å². The lowest BCUT2D eigenvalue weighted by molar-refractivity contribution is 0.0937. The Morgan fingerprint density at radius 3 is 2.76 bits per heavy atom. The first kappa shape index (κ1) is 17.0. The molecule has 0 bridgehead atoms. The lowest BCUT2D eigenvalue weighted by Crippen LogP contribution is -2.30. The van der Waals surface area contributed by atoms with Crippen molar-refractivity contribution in [2.75, 3.05) is 0 Å². The Hall–Kier alpha value is -2.86. The second-order valence-corrected chi connectivity index (χ2v) is 5.94. The number of aromatic amines is 1. The first-order valence-corrected chi connectivity index (χ1v) is 7.89. The van der Waals surface area contributed by atoms with E-state index in [0.29, 0.717) is 16.5 Å². The molecule has 1 amide bonds. The number of phenols is 1. The Bertz CT molecular complexity index is 926. The van der Waals surface area contributed by atoms with E-state index in [4.69, 9.17) is 11.6 Å². The van der Waals surface area contributed by atoms with Crippen LogP contribution in [0.4, 0.5) is 4.39 Å². The number of halogens is 2. The van der Waals surface area contributed by atoms with E-state index >= 15 is 0 Å². The second kappa shape index (κ2) is 6.94. The smallest absolute Gasteiger partial charge is 0.270 e. The molecule has 0 aliphatic carbocycles. The minimum atomic E-state index is -0.821. The summed E-state index contributed by atoms with van der Waals surface area (Å²) in [6.45, 7) is 1.78. The number of nitrogens with zero attached hydrogens (tertiary/aromatic N) is 1. The van der Waals surface area contributed by atoms with E-state index in [1.54, 1.807) is 37.3 Å². The first-order valence-electron chi connectivity index (χ1n) is 7.51. The highest BCUT2D eigenvalue weighted by Gasteiger charge is 2.23. The molecule has 3 N–H and O–H groups in total. The summed E-state index contributed by atoms with van der Waals surface area (Å²) >= 11 is 5.92. The van der Waals surface area contributed by atoms with Gasteiger partial charge in [-0.05, 0) is 49.4 Å². The molecule has 2 heterocycles. The Morgan fingerprint density at radius 2 is 2.08 bits per heavy atom. The number of rotatable bonds is 4. The van der Waals surface area contributed by atoms with Crippen LogP contribution in [0.25, 0.3) is 0 Å². The summed E-state index contributed by atoms with van der Waals surface area (Å²) in [7, 11) is 0. The monoisotopic (exact) mass is 359 g/mol. The molecule has 128 valence electrons. The quantitative estimate of drug-likeness (QED) is 0.664. The number of aromatic hydroxyl groups is 1. The van der Waals surface area contributed by atoms with Crippen LogP contribution in [0.1, 0.15) is 33.5 Å². The molecule has 3 rings (SSSR count). The van der Waals surface area contributed by atoms with Gasteiger partial charge in [-0.1, -0.05) is 17.7 Å². The summed E-state index contributed by atoms with van der Waals surface area (Å²) in [4.78, 5) is 19.6. The Balaban J connectivity index is 2.00. The molecule has 0 saturated carbocycles. The average molecular weight is 360 g/mol. The summed E-state index contributed by atoms with van der Waals surface area (Å²) < 4.78 is 13.7. The zero-order valence-corrected chi connectivity index (χ0v) is 14.0. The molecule has 0 fully saturated rings. The lowest BCUT2D eigenvalue weighted by Gasteiger charge is -2.19. The maximum absolute atomic E-state index is 13.7. The van der Waals surface area contributed by atoms with Gasteiger partial charge in [0, 0.05) is 17.0 Å². The molecular weight excluding hydrogens is 345 g/mol. The van der Waals surface area contributed by atoms with Crippen molar-refractivity contribution in [3.8, 4) is 5.75 Å². The third-order valence-electron chi connectivity index (χ3n) is 3.68. The molecule has 0 saturated heterocycles. The number of carbonyl (C=O) groups is 1. The van der Waals surface area contributed by atoms with Gasteiger partial charge in [-0.25, -0.2) is 9.37 Å². The second-order valence-electron chi connectivity index (χ2n) is 5.54. The predicted molar refractivity (Wildman–Crippen MR) is 92.2 cm³/mol. The standard InChI is InChI=1S/C18H15ClFN3O2/c1-10-3-2-4-14(21-10)18(25)23-17(13-6-8-16(19)22-13)12-9-11(20)5-7-15(12)24/h2-9,17,22,24H,1H3,(H,23,25)/t17-/m0/s1. The van der Waals surface area contributed by atoms with Crippen LogP contribution >= 0.6 is 11.6 Å². The summed E-state index contributed by atoms with van der Waals surface area (Å²) in [5.41, 5.74) is 1.63. The molecule has 0 aliphatic rings. The van der Waals surface area contributed by atoms with Crippen molar-refractivity contribution in [3.63, 3.8) is 0 Å². The van der Waals surface area contributed by atoms with Gasteiger partial charge in [0.25, 0.3) is 5.91 Å². The van der Waals surface area contributed by atoms with Crippen LogP contribution < -0.4 is 5.32 Å². The van der Waals surface area contributed by atoms with E-state index in [2.05, 4.69) is 15.3 Å². The van der Waals surface area contributed by atoms with Crippen LogP contribution in [0.5, 0.6) is 5.75 Å². The lowest BCUT2D eigenvalue weighted by atomic mass is 10.0. The number of hydrogen-bond acceptors (Lipinski definition) is 3. The fraction of sp³-hybridized carbons (Fsp3) is 0.111. The number of aromatic nitrogens is 2. The van der Waals surface area contributed by atoms with Crippen molar-refractivity contribution >= 4 is 17.5 Å². The Labute approximate surface area is 148 Å². The van der Waals surface area contributed by atoms with Crippen molar-refractivity contribution < 1.29 is 14.3 Å². The van der Waals surface area contributed by atoms with E-state index in [1.165, 1.54) is 12.1 Å². The molecular formula is C18H15ClFN3O2. The van der Waals surface area contributed by atoms with Crippen molar-refractivity contribution in [2.45, 2.75) is 13.0 Å². The zero-order valence-electron chi connectivity index (χ0n) is 13.3. The maximum atomic E-state index is 13.7. The molecule has 7 heteroatoms. The normalized spacial score (nSPS) is 12.0. The number of benzene rings is 1. The van der Waals surface area contributed by atoms with Gasteiger partial charge in [0.05, 0.1) is 6.04 Å². The average Bonchev–Trinajstić information content (AvgIpc) is 3.01. The summed E-state index contributed by atoms with van der Waals surface area (Å²) in [6.07, 6.45) is 0. The van der Waals surface area contributed by atoms with E-state index < -0.39 is 17.8 Å². The van der Waals surface area contributed by atoms with Gasteiger partial charge >= 0.3 is 0 Å². The number of pyridine rings is 1. The van der Waals surface area contributed by atoms with Gasteiger partial charge in [-0.2, -0.15) is 0 Å². The number of amides is 1. The molecule has 3 aromatic rings. The first-order chi connectivity index (χ1) is 11.9. The third-order valence-corrected chi connectivity index (χ3v) is 3.90. The molecule has 0 radical (unpaired) electrons. The number of phenolic OH excluding ortho intramolecular Hbond substituents is 1. The van der Waals surface area contributed by atoms with Crippen LogP contribution in [0.3, 0.4) is 0 Å². The van der Waals surface area contributed by atoms with Crippen LogP contribution in [-0.4, -0.2) is 21.0 Å². The Kier molecular flexibility index (Phi) is 4.72. The van der Waals surface area contributed by atoms with Gasteiger partial charge in [0.15, 0.2) is 0 Å². The van der Waals surface area contributed by atoms with Gasteiger partial charge in [0.2, 0.25) is 0 Å². The van der Waals surface area contributed by atoms with Gasteiger partial charge in [0.1, 0.15) is 22.4 Å². The van der Waals surface area contributed by atoms with Gasteiger partial charge in [-0.3, -0.25) is 4.79 Å². The predicted octanol–water partition coefficient (Wildman–Crippen LogP) is 3.74. The summed E-state index contributed by atoms with van der Waals surface area (Å²) in [5.74, 6) is -1.13. The number of nitrogens with one attached hydrogen (secondary N) is 2. The fourth-order valence-electron chi connectivity index (χ4n) is 2.51. The molecule has 1 aromatic carbocycles. The minimum absolute atomic E-state index is 0.144. The molecule has 0 unspecified atom stereocenters. The fourth-order valence-corrected chi connectivity index (χ4v) is 2.68. The number of H-pyrrole nitrogens is 1. The van der Waals surface area contributed by atoms with E-state index in [-0.39, 0.29) is 17.0 Å². The van der Waals surface area contributed by atoms with Crippen molar-refractivity contribution in [1.29, 1.82) is 0 Å². The molecule has 0 spiro atoms. The molecule has 2 aromatic heterocycles. The highest BCUT2D eigenvalue weighted by Crippen LogP contribution is 2.30. The van der Waals surface area contributed by atoms with Crippen LogP contribution in [0, 0.1) is 12.7 Å². The summed E-state index contributed by atoms with van der Waals surface area (Å²) in [5, 5.41) is 13.2. The molecule has 5 nitrogen and oxygen atoms in total. The molecule has 0 aliphatic heterocycles. The highest BCUT2D eigenvalue weighted by atomic mass is 35.5. The molecule has 25 heavy (non-hydrogen) atoms. The SMILES string of the molecule is Cc1cccc(C(=O)N[C@H](c2ccc(Cl)[nH]2)c2cc(F)ccc2O)n1. The number of hydrogen-bond donors (Lipinski definition) is 3. The zero-order chi connectivity index (χ0) is 18.0. The maximum Gasteiger partial charge on any atom is 0.270 e. The van der Waals surface area contributed by atoms with Crippen molar-refractivity contribution in [1.82, 2.24) is 15.3 Å². The van der Waals surface area contributed by atoms with Crippen LogP contribution in [0.15, 0.2) is 48.5 Å². The number of aryl methyl sites for hydroxylation is 1. The van der Waals surface area contributed by atoms with Crippen LogP contribution in [0.2, 0.25) is 5.15 Å². The number of carbonyl (C=O) groups excluding carboxylic acids is 1. The van der Waals surface area contributed by atoms with E-state index in [9.17, 15) is 14.3 Å². The minimum Gasteiger partial charge on any atom is -0.508 e. The topological polar surface area (TPSA) is 78.0 Å².